The number of fused-ring (bicyclic) bond motifs is 1. The van der Waals surface area contributed by atoms with Crippen molar-refractivity contribution >= 4 is 45.7 Å². The fourth-order valence-electron chi connectivity index (χ4n) is 2.99. The van der Waals surface area contributed by atoms with Gasteiger partial charge in [-0.1, -0.05) is 24.3 Å². The number of rotatable bonds is 6. The SMILES string of the molecule is O=C(Nc1cccc2c(NC(=O)c3ccc([N+](=O)[O-])o3)cccc12)c1ccc([N+](=O)[O-])o1. The smallest absolute Gasteiger partial charge is 0.395 e. The fourth-order valence-corrected chi connectivity index (χ4v) is 2.99. The van der Waals surface area contributed by atoms with E-state index >= 15 is 0 Å². The Kier molecular flexibility index (Phi) is 5.09. The van der Waals surface area contributed by atoms with E-state index in [1.807, 2.05) is 0 Å². The van der Waals surface area contributed by atoms with Gasteiger partial charge in [-0.15, -0.1) is 0 Å². The Balaban J connectivity index is 1.60. The molecule has 4 rings (SSSR count). The summed E-state index contributed by atoms with van der Waals surface area (Å²) in [5.41, 5.74) is 0.743. The third kappa shape index (κ3) is 3.87. The first-order valence-corrected chi connectivity index (χ1v) is 8.96. The minimum Gasteiger partial charge on any atom is -0.395 e. The lowest BCUT2D eigenvalue weighted by Gasteiger charge is -2.11. The molecule has 0 saturated heterocycles. The van der Waals surface area contributed by atoms with Crippen molar-refractivity contribution in [3.05, 3.63) is 92.4 Å². The van der Waals surface area contributed by atoms with Crippen LogP contribution in [0.25, 0.3) is 10.8 Å². The summed E-state index contributed by atoms with van der Waals surface area (Å²) in [5, 5.41) is 27.8. The molecule has 0 spiro atoms. The molecule has 0 aliphatic carbocycles. The highest BCUT2D eigenvalue weighted by Gasteiger charge is 2.20. The minimum atomic E-state index is -0.753. The second kappa shape index (κ2) is 8.02. The molecule has 0 unspecified atom stereocenters. The number of benzene rings is 2. The predicted molar refractivity (Wildman–Crippen MR) is 111 cm³/mol. The quantitative estimate of drug-likeness (QED) is 0.332. The third-order valence-electron chi connectivity index (χ3n) is 4.41. The lowest BCUT2D eigenvalue weighted by atomic mass is 10.1. The van der Waals surface area contributed by atoms with Crippen LogP contribution in [0.15, 0.2) is 69.5 Å². The molecule has 4 aromatic rings. The van der Waals surface area contributed by atoms with E-state index in [0.717, 1.165) is 12.1 Å². The maximum atomic E-state index is 12.4. The van der Waals surface area contributed by atoms with Crippen molar-refractivity contribution in [3.63, 3.8) is 0 Å². The Morgan fingerprint density at radius 2 is 1.06 bits per heavy atom. The second-order valence-corrected chi connectivity index (χ2v) is 6.40. The molecule has 2 aromatic carbocycles. The number of carbonyl (C=O) groups excluding carboxylic acids is 2. The molecule has 0 fully saturated rings. The molecular formula is C20H12N4O8. The molecule has 32 heavy (non-hydrogen) atoms. The van der Waals surface area contributed by atoms with Gasteiger partial charge in [-0.3, -0.25) is 29.8 Å². The number of nitrogens with one attached hydrogen (secondary N) is 2. The van der Waals surface area contributed by atoms with E-state index in [0.29, 0.717) is 22.1 Å². The van der Waals surface area contributed by atoms with Crippen molar-refractivity contribution in [2.24, 2.45) is 0 Å². The monoisotopic (exact) mass is 436 g/mol. The molecule has 2 N–H and O–H groups in total. The first kappa shape index (κ1) is 20.3. The number of hydrogen-bond acceptors (Lipinski definition) is 8. The summed E-state index contributed by atoms with van der Waals surface area (Å²) in [4.78, 5) is 44.8. The average Bonchev–Trinajstić information content (AvgIpc) is 3.45. The summed E-state index contributed by atoms with van der Waals surface area (Å²) in [6.07, 6.45) is 0. The summed E-state index contributed by atoms with van der Waals surface area (Å²) in [5.74, 6) is -2.98. The molecule has 0 atom stereocenters. The van der Waals surface area contributed by atoms with Gasteiger partial charge in [0.05, 0.1) is 12.1 Å². The van der Waals surface area contributed by atoms with E-state index < -0.39 is 33.4 Å². The normalized spacial score (nSPS) is 10.6. The molecule has 2 heterocycles. The van der Waals surface area contributed by atoms with Crippen molar-refractivity contribution < 1.29 is 28.3 Å². The first-order valence-electron chi connectivity index (χ1n) is 8.96. The van der Waals surface area contributed by atoms with Gasteiger partial charge in [0.2, 0.25) is 0 Å². The summed E-state index contributed by atoms with van der Waals surface area (Å²) < 4.78 is 9.82. The first-order chi connectivity index (χ1) is 15.3. The van der Waals surface area contributed by atoms with Gasteiger partial charge in [0.25, 0.3) is 11.8 Å². The Morgan fingerprint density at radius 3 is 1.41 bits per heavy atom. The van der Waals surface area contributed by atoms with Crippen LogP contribution >= 0.6 is 0 Å². The molecule has 0 bridgehead atoms. The van der Waals surface area contributed by atoms with Gasteiger partial charge in [-0.2, -0.15) is 0 Å². The van der Waals surface area contributed by atoms with Gasteiger partial charge in [0, 0.05) is 22.1 Å². The summed E-state index contributed by atoms with van der Waals surface area (Å²) >= 11 is 0. The summed E-state index contributed by atoms with van der Waals surface area (Å²) in [7, 11) is 0. The van der Waals surface area contributed by atoms with Gasteiger partial charge in [-0.25, -0.2) is 0 Å². The Hall–Kier alpha value is -5.00. The molecule has 12 nitrogen and oxygen atoms in total. The standard InChI is InChI=1S/C20H12N4O8/c25-19(15-7-9-17(31-15)23(27)28)21-13-5-1-3-11-12(13)4-2-6-14(11)22-20(26)16-8-10-18(32-16)24(29)30/h1-10H,(H,21,25)(H,22,26). The largest absolute Gasteiger partial charge is 0.433 e. The van der Waals surface area contributed by atoms with E-state index in [2.05, 4.69) is 10.6 Å². The van der Waals surface area contributed by atoms with Gasteiger partial charge >= 0.3 is 11.8 Å². The molecule has 2 aromatic heterocycles. The number of furan rings is 2. The Morgan fingerprint density at radius 1 is 0.656 bits per heavy atom. The zero-order chi connectivity index (χ0) is 22.8. The zero-order valence-corrected chi connectivity index (χ0v) is 15.9. The van der Waals surface area contributed by atoms with Crippen LogP contribution in [0.3, 0.4) is 0 Å². The van der Waals surface area contributed by atoms with Crippen LogP contribution in [-0.4, -0.2) is 21.7 Å². The average molecular weight is 436 g/mol. The van der Waals surface area contributed by atoms with Crippen molar-refractivity contribution in [1.82, 2.24) is 0 Å². The Labute approximate surface area is 177 Å². The highest BCUT2D eigenvalue weighted by molar-refractivity contribution is 6.13. The van der Waals surface area contributed by atoms with Gasteiger partial charge in [0.1, 0.15) is 9.85 Å². The predicted octanol–water partition coefficient (Wildman–Crippen LogP) is 4.35. The highest BCUT2D eigenvalue weighted by atomic mass is 16.7. The molecule has 0 aliphatic rings. The Bertz CT molecular complexity index is 1280. The van der Waals surface area contributed by atoms with Crippen LogP contribution in [0.1, 0.15) is 21.1 Å². The van der Waals surface area contributed by atoms with Crippen molar-refractivity contribution in [1.29, 1.82) is 0 Å². The van der Waals surface area contributed by atoms with Crippen LogP contribution < -0.4 is 10.6 Å². The van der Waals surface area contributed by atoms with E-state index in [1.165, 1.54) is 12.1 Å². The van der Waals surface area contributed by atoms with Crippen molar-refractivity contribution in [2.45, 2.75) is 0 Å². The number of anilines is 2. The van der Waals surface area contributed by atoms with Crippen LogP contribution in [-0.2, 0) is 0 Å². The third-order valence-corrected chi connectivity index (χ3v) is 4.41. The van der Waals surface area contributed by atoms with Gasteiger partial charge < -0.3 is 19.5 Å². The van der Waals surface area contributed by atoms with E-state index in [1.54, 1.807) is 36.4 Å². The zero-order valence-electron chi connectivity index (χ0n) is 15.9. The number of amides is 2. The number of carbonyl (C=O) groups is 2. The van der Waals surface area contributed by atoms with Crippen molar-refractivity contribution in [2.75, 3.05) is 10.6 Å². The van der Waals surface area contributed by atoms with Gasteiger partial charge in [0.15, 0.2) is 11.5 Å². The number of hydrogen-bond donors (Lipinski definition) is 2. The minimum absolute atomic E-state index is 0.238. The summed E-state index contributed by atoms with van der Waals surface area (Å²) in [6.45, 7) is 0. The van der Waals surface area contributed by atoms with Crippen LogP contribution in [0.5, 0.6) is 0 Å². The van der Waals surface area contributed by atoms with Crippen LogP contribution in [0.2, 0.25) is 0 Å². The second-order valence-electron chi connectivity index (χ2n) is 6.40. The van der Waals surface area contributed by atoms with Crippen LogP contribution in [0.4, 0.5) is 23.1 Å². The number of nitrogens with zero attached hydrogens (tertiary/aromatic N) is 2. The summed E-state index contributed by atoms with van der Waals surface area (Å²) in [6, 6.07) is 14.4. The fraction of sp³-hybridized carbons (Fsp3) is 0. The maximum absolute atomic E-state index is 12.4. The topological polar surface area (TPSA) is 171 Å². The lowest BCUT2D eigenvalue weighted by Crippen LogP contribution is -2.12. The van der Waals surface area contributed by atoms with E-state index in [4.69, 9.17) is 8.83 Å². The lowest BCUT2D eigenvalue weighted by molar-refractivity contribution is -0.402. The molecule has 12 heteroatoms. The van der Waals surface area contributed by atoms with Crippen molar-refractivity contribution in [3.8, 4) is 0 Å². The maximum Gasteiger partial charge on any atom is 0.433 e. The van der Waals surface area contributed by atoms with E-state index in [9.17, 15) is 29.8 Å². The molecular weight excluding hydrogens is 424 g/mol. The molecule has 0 radical (unpaired) electrons. The van der Waals surface area contributed by atoms with Crippen LogP contribution in [0, 0.1) is 20.2 Å². The van der Waals surface area contributed by atoms with Gasteiger partial charge in [-0.05, 0) is 24.3 Å². The molecule has 2 amide bonds. The highest BCUT2D eigenvalue weighted by Crippen LogP contribution is 2.30. The molecule has 0 aliphatic heterocycles. The molecule has 0 saturated carbocycles. The number of nitro groups is 2. The molecule has 160 valence electrons. The van der Waals surface area contributed by atoms with E-state index in [-0.39, 0.29) is 11.5 Å².